The Bertz CT molecular complexity index is 1100. The van der Waals surface area contributed by atoms with E-state index in [1.807, 2.05) is 24.3 Å². The van der Waals surface area contributed by atoms with Gasteiger partial charge in [-0.05, 0) is 55.7 Å². The molecule has 2 heterocycles. The SMILES string of the molecule is CCCCOc1ccc(C(=O)N2CCCC2C(=O)Nc2nnc(-c3ccc(Br)cc3)s2)cc1. The van der Waals surface area contributed by atoms with Crippen LogP contribution in [0.3, 0.4) is 0 Å². The van der Waals surface area contributed by atoms with Gasteiger partial charge in [-0.25, -0.2) is 0 Å². The Morgan fingerprint density at radius 2 is 1.91 bits per heavy atom. The van der Waals surface area contributed by atoms with E-state index >= 15 is 0 Å². The number of nitrogens with zero attached hydrogens (tertiary/aromatic N) is 3. The Hall–Kier alpha value is -2.78. The van der Waals surface area contributed by atoms with Gasteiger partial charge in [0, 0.05) is 22.1 Å². The normalized spacial score (nSPS) is 15.5. The molecule has 9 heteroatoms. The minimum Gasteiger partial charge on any atom is -0.494 e. The highest BCUT2D eigenvalue weighted by molar-refractivity contribution is 9.10. The number of anilines is 1. The summed E-state index contributed by atoms with van der Waals surface area (Å²) in [5, 5.41) is 12.3. The van der Waals surface area contributed by atoms with Gasteiger partial charge in [-0.1, -0.05) is 52.7 Å². The van der Waals surface area contributed by atoms with E-state index in [-0.39, 0.29) is 11.8 Å². The number of unbranched alkanes of at least 4 members (excludes halogenated alkanes) is 1. The van der Waals surface area contributed by atoms with E-state index in [4.69, 9.17) is 4.74 Å². The van der Waals surface area contributed by atoms with E-state index in [1.165, 1.54) is 11.3 Å². The van der Waals surface area contributed by atoms with Gasteiger partial charge in [-0.15, -0.1) is 10.2 Å². The summed E-state index contributed by atoms with van der Waals surface area (Å²) in [6.45, 7) is 3.32. The van der Waals surface area contributed by atoms with Crippen LogP contribution in [0.25, 0.3) is 10.6 Å². The highest BCUT2D eigenvalue weighted by Gasteiger charge is 2.35. The van der Waals surface area contributed by atoms with Crippen molar-refractivity contribution in [2.45, 2.75) is 38.6 Å². The Kier molecular flexibility index (Phi) is 7.72. The third kappa shape index (κ3) is 5.78. The maximum atomic E-state index is 13.1. The molecule has 0 spiro atoms. The monoisotopic (exact) mass is 528 g/mol. The first-order valence-corrected chi connectivity index (χ1v) is 12.6. The smallest absolute Gasteiger partial charge is 0.254 e. The predicted molar refractivity (Wildman–Crippen MR) is 133 cm³/mol. The lowest BCUT2D eigenvalue weighted by Crippen LogP contribution is -2.43. The molecule has 0 bridgehead atoms. The summed E-state index contributed by atoms with van der Waals surface area (Å²) in [6, 6.07) is 14.3. The highest BCUT2D eigenvalue weighted by Crippen LogP contribution is 2.28. The zero-order valence-electron chi connectivity index (χ0n) is 18.3. The number of amides is 2. The van der Waals surface area contributed by atoms with Gasteiger partial charge in [0.15, 0.2) is 0 Å². The number of carbonyl (C=O) groups excluding carboxylic acids is 2. The molecular formula is C24H25BrN4O3S. The van der Waals surface area contributed by atoms with Crippen LogP contribution in [0.2, 0.25) is 0 Å². The Morgan fingerprint density at radius 1 is 1.15 bits per heavy atom. The van der Waals surface area contributed by atoms with Crippen LogP contribution < -0.4 is 10.1 Å². The van der Waals surface area contributed by atoms with Gasteiger partial charge in [0.2, 0.25) is 11.0 Å². The van der Waals surface area contributed by atoms with Gasteiger partial charge in [0.25, 0.3) is 5.91 Å². The summed E-state index contributed by atoms with van der Waals surface area (Å²) < 4.78 is 6.65. The molecule has 1 aromatic heterocycles. The van der Waals surface area contributed by atoms with Crippen LogP contribution >= 0.6 is 27.3 Å². The van der Waals surface area contributed by atoms with Crippen molar-refractivity contribution in [3.63, 3.8) is 0 Å². The van der Waals surface area contributed by atoms with E-state index in [9.17, 15) is 9.59 Å². The quantitative estimate of drug-likeness (QED) is 0.396. The molecule has 1 aliphatic rings. The van der Waals surface area contributed by atoms with E-state index in [1.54, 1.807) is 29.2 Å². The summed E-state index contributed by atoms with van der Waals surface area (Å²) in [7, 11) is 0. The van der Waals surface area contributed by atoms with Gasteiger partial charge in [0.1, 0.15) is 16.8 Å². The van der Waals surface area contributed by atoms with Crippen molar-refractivity contribution in [2.24, 2.45) is 0 Å². The van der Waals surface area contributed by atoms with Gasteiger partial charge >= 0.3 is 0 Å². The van der Waals surface area contributed by atoms with Crippen LogP contribution in [0.5, 0.6) is 5.75 Å². The third-order valence-electron chi connectivity index (χ3n) is 5.43. The van der Waals surface area contributed by atoms with Crippen LogP contribution in [0, 0.1) is 0 Å². The fraction of sp³-hybridized carbons (Fsp3) is 0.333. The second-order valence-electron chi connectivity index (χ2n) is 7.79. The molecule has 0 saturated carbocycles. The molecule has 7 nitrogen and oxygen atoms in total. The molecule has 0 aliphatic carbocycles. The van der Waals surface area contributed by atoms with Gasteiger partial charge < -0.3 is 9.64 Å². The minimum atomic E-state index is -0.530. The highest BCUT2D eigenvalue weighted by atomic mass is 79.9. The molecule has 3 aromatic rings. The Morgan fingerprint density at radius 3 is 2.64 bits per heavy atom. The molecule has 33 heavy (non-hydrogen) atoms. The average Bonchev–Trinajstić information content (AvgIpc) is 3.50. The molecular weight excluding hydrogens is 504 g/mol. The predicted octanol–water partition coefficient (Wildman–Crippen LogP) is 5.39. The largest absolute Gasteiger partial charge is 0.494 e. The van der Waals surface area contributed by atoms with Crippen molar-refractivity contribution in [1.29, 1.82) is 0 Å². The first kappa shape index (κ1) is 23.4. The summed E-state index contributed by atoms with van der Waals surface area (Å²) in [5.41, 5.74) is 1.47. The molecule has 1 aliphatic heterocycles. The van der Waals surface area contributed by atoms with Crippen LogP contribution in [-0.2, 0) is 4.79 Å². The average molecular weight is 529 g/mol. The zero-order chi connectivity index (χ0) is 23.2. The van der Waals surface area contributed by atoms with Crippen molar-refractivity contribution in [3.8, 4) is 16.3 Å². The lowest BCUT2D eigenvalue weighted by Gasteiger charge is -2.23. The summed E-state index contributed by atoms with van der Waals surface area (Å²) >= 11 is 4.72. The van der Waals surface area contributed by atoms with Crippen molar-refractivity contribution < 1.29 is 14.3 Å². The Labute approximate surface area is 205 Å². The number of nitrogens with one attached hydrogen (secondary N) is 1. The summed E-state index contributed by atoms with van der Waals surface area (Å²) in [4.78, 5) is 27.7. The van der Waals surface area contributed by atoms with Crippen molar-refractivity contribution >= 4 is 44.2 Å². The maximum Gasteiger partial charge on any atom is 0.254 e. The standard InChI is InChI=1S/C24H25BrN4O3S/c1-2-3-15-32-19-12-8-17(9-13-19)23(31)29-14-4-5-20(29)21(30)26-24-28-27-22(33-24)16-6-10-18(25)11-7-16/h6-13,20H,2-5,14-15H2,1H3,(H,26,28,30). The molecule has 4 rings (SSSR count). The zero-order valence-corrected chi connectivity index (χ0v) is 20.7. The molecule has 1 saturated heterocycles. The number of hydrogen-bond donors (Lipinski definition) is 1. The molecule has 1 unspecified atom stereocenters. The van der Waals surface area contributed by atoms with E-state index in [2.05, 4.69) is 38.4 Å². The first-order valence-electron chi connectivity index (χ1n) is 11.0. The molecule has 0 radical (unpaired) electrons. The van der Waals surface area contributed by atoms with E-state index in [0.717, 1.165) is 40.1 Å². The third-order valence-corrected chi connectivity index (χ3v) is 6.85. The molecule has 2 aromatic carbocycles. The topological polar surface area (TPSA) is 84.4 Å². The van der Waals surface area contributed by atoms with E-state index in [0.29, 0.717) is 30.3 Å². The van der Waals surface area contributed by atoms with Crippen LogP contribution in [0.4, 0.5) is 5.13 Å². The second-order valence-corrected chi connectivity index (χ2v) is 9.68. The number of rotatable bonds is 8. The molecule has 1 fully saturated rings. The first-order chi connectivity index (χ1) is 16.0. The maximum absolute atomic E-state index is 13.1. The van der Waals surface area contributed by atoms with Crippen molar-refractivity contribution in [2.75, 3.05) is 18.5 Å². The number of aromatic nitrogens is 2. The van der Waals surface area contributed by atoms with Crippen LogP contribution in [0.15, 0.2) is 53.0 Å². The lowest BCUT2D eigenvalue weighted by molar-refractivity contribution is -0.119. The Balaban J connectivity index is 1.39. The van der Waals surface area contributed by atoms with Gasteiger partial charge in [0.05, 0.1) is 6.61 Å². The number of hydrogen-bond acceptors (Lipinski definition) is 6. The number of benzene rings is 2. The van der Waals surface area contributed by atoms with Gasteiger partial charge in [-0.3, -0.25) is 14.9 Å². The number of ether oxygens (including phenoxy) is 1. The van der Waals surface area contributed by atoms with Crippen molar-refractivity contribution in [1.82, 2.24) is 15.1 Å². The van der Waals surface area contributed by atoms with Crippen LogP contribution in [0.1, 0.15) is 43.0 Å². The fourth-order valence-electron chi connectivity index (χ4n) is 3.65. The fourth-order valence-corrected chi connectivity index (χ4v) is 4.66. The number of halogens is 1. The van der Waals surface area contributed by atoms with Crippen molar-refractivity contribution in [3.05, 3.63) is 58.6 Å². The second kappa shape index (κ2) is 10.9. The van der Waals surface area contributed by atoms with Gasteiger partial charge in [-0.2, -0.15) is 0 Å². The molecule has 172 valence electrons. The minimum absolute atomic E-state index is 0.152. The van der Waals surface area contributed by atoms with E-state index < -0.39 is 6.04 Å². The molecule has 1 atom stereocenters. The summed E-state index contributed by atoms with van der Waals surface area (Å²) in [6.07, 6.45) is 3.46. The molecule has 1 N–H and O–H groups in total. The number of likely N-dealkylation sites (tertiary alicyclic amines) is 1. The van der Waals surface area contributed by atoms with Crippen LogP contribution in [-0.4, -0.2) is 46.1 Å². The molecule has 2 amide bonds. The number of carbonyl (C=O) groups is 2. The lowest BCUT2D eigenvalue weighted by atomic mass is 10.1. The summed E-state index contributed by atoms with van der Waals surface area (Å²) in [5.74, 6) is 0.355.